The molecule has 1 aromatic heterocycles. The molecule has 2 rings (SSSR count). The zero-order valence-corrected chi connectivity index (χ0v) is 13.7. The lowest BCUT2D eigenvalue weighted by Gasteiger charge is -2.22. The molecule has 124 valence electrons. The average Bonchev–Trinajstić information content (AvgIpc) is 2.55. The van der Waals surface area contributed by atoms with E-state index in [1.54, 1.807) is 31.6 Å². The van der Waals surface area contributed by atoms with Gasteiger partial charge in [0.2, 0.25) is 10.0 Å². The van der Waals surface area contributed by atoms with Gasteiger partial charge in [-0.15, -0.1) is 0 Å². The molecule has 0 amide bonds. The van der Waals surface area contributed by atoms with Crippen LogP contribution in [-0.2, 0) is 21.3 Å². The number of methoxy groups -OCH3 is 1. The molecule has 1 heterocycles. The zero-order valence-electron chi connectivity index (χ0n) is 12.9. The summed E-state index contributed by atoms with van der Waals surface area (Å²) in [4.78, 5) is 4.00. The lowest BCUT2D eigenvalue weighted by Crippen LogP contribution is -2.32. The molecular formula is C16H19FN2O3S. The van der Waals surface area contributed by atoms with Crippen molar-refractivity contribution in [1.29, 1.82) is 0 Å². The van der Waals surface area contributed by atoms with Crippen LogP contribution in [0.25, 0.3) is 0 Å². The van der Waals surface area contributed by atoms with Gasteiger partial charge in [0.25, 0.3) is 0 Å². The van der Waals surface area contributed by atoms with Gasteiger partial charge in [0.05, 0.1) is 4.90 Å². The highest BCUT2D eigenvalue weighted by Gasteiger charge is 2.24. The summed E-state index contributed by atoms with van der Waals surface area (Å²) in [5.74, 6) is -0.469. The molecule has 0 aliphatic carbocycles. The van der Waals surface area contributed by atoms with Gasteiger partial charge in [-0.2, -0.15) is 4.31 Å². The highest BCUT2D eigenvalue weighted by atomic mass is 32.2. The molecule has 0 radical (unpaired) electrons. The maximum atomic E-state index is 13.0. The van der Waals surface area contributed by atoms with E-state index in [4.69, 9.17) is 4.74 Å². The Hall–Kier alpha value is -1.83. The molecule has 23 heavy (non-hydrogen) atoms. The van der Waals surface area contributed by atoms with E-state index in [9.17, 15) is 12.8 Å². The lowest BCUT2D eigenvalue weighted by atomic mass is 10.2. The van der Waals surface area contributed by atoms with Crippen LogP contribution in [0.15, 0.2) is 53.7 Å². The second-order valence-corrected chi connectivity index (χ2v) is 6.93. The van der Waals surface area contributed by atoms with E-state index >= 15 is 0 Å². The lowest BCUT2D eigenvalue weighted by molar-refractivity contribution is 0.186. The third-order valence-electron chi connectivity index (χ3n) is 3.32. The number of halogens is 1. The normalized spacial score (nSPS) is 11.8. The Balaban J connectivity index is 2.25. The molecular weight excluding hydrogens is 319 g/mol. The fourth-order valence-corrected chi connectivity index (χ4v) is 3.58. The molecule has 0 fully saturated rings. The Morgan fingerprint density at radius 1 is 1.13 bits per heavy atom. The summed E-state index contributed by atoms with van der Waals surface area (Å²) in [5.41, 5.74) is 0.836. The first-order valence-corrected chi connectivity index (χ1v) is 8.61. The predicted molar refractivity (Wildman–Crippen MR) is 84.7 cm³/mol. The van der Waals surface area contributed by atoms with Gasteiger partial charge in [0, 0.05) is 39.2 Å². The minimum atomic E-state index is -3.71. The summed E-state index contributed by atoms with van der Waals surface area (Å²) in [6, 6.07) is 8.38. The Morgan fingerprint density at radius 2 is 1.78 bits per heavy atom. The van der Waals surface area contributed by atoms with Crippen LogP contribution in [0.1, 0.15) is 12.0 Å². The molecule has 0 saturated heterocycles. The van der Waals surface area contributed by atoms with Crippen LogP contribution < -0.4 is 0 Å². The summed E-state index contributed by atoms with van der Waals surface area (Å²) in [7, 11) is -2.13. The minimum Gasteiger partial charge on any atom is -0.385 e. The Morgan fingerprint density at radius 3 is 2.39 bits per heavy atom. The van der Waals surface area contributed by atoms with E-state index in [0.29, 0.717) is 19.6 Å². The SMILES string of the molecule is COCCCN(Cc1ccncc1)S(=O)(=O)c1ccc(F)cc1. The Kier molecular flexibility index (Phi) is 6.20. The molecule has 1 aromatic carbocycles. The zero-order chi connectivity index (χ0) is 16.7. The van der Waals surface area contributed by atoms with E-state index in [1.807, 2.05) is 0 Å². The van der Waals surface area contributed by atoms with Crippen LogP contribution in [0.2, 0.25) is 0 Å². The van der Waals surface area contributed by atoms with Crippen molar-refractivity contribution in [3.63, 3.8) is 0 Å². The molecule has 0 aliphatic heterocycles. The van der Waals surface area contributed by atoms with Gasteiger partial charge in [0.15, 0.2) is 0 Å². The summed E-state index contributed by atoms with van der Waals surface area (Å²) in [6.07, 6.45) is 3.81. The van der Waals surface area contributed by atoms with E-state index in [2.05, 4.69) is 4.98 Å². The number of nitrogens with zero attached hydrogens (tertiary/aromatic N) is 2. The van der Waals surface area contributed by atoms with Crippen molar-refractivity contribution in [2.45, 2.75) is 17.9 Å². The number of benzene rings is 1. The second kappa shape index (κ2) is 8.14. The number of pyridine rings is 1. The van der Waals surface area contributed by atoms with Crippen LogP contribution in [0.3, 0.4) is 0 Å². The van der Waals surface area contributed by atoms with Gasteiger partial charge in [-0.3, -0.25) is 4.98 Å². The van der Waals surface area contributed by atoms with Crippen molar-refractivity contribution in [3.05, 3.63) is 60.2 Å². The standard InChI is InChI=1S/C16H19FN2O3S/c1-22-12-2-11-19(13-14-7-9-18-10-8-14)23(20,21)16-5-3-15(17)4-6-16/h3-10H,2,11-13H2,1H3. The monoisotopic (exact) mass is 338 g/mol. The van der Waals surface area contributed by atoms with E-state index in [0.717, 1.165) is 17.7 Å². The average molecular weight is 338 g/mol. The van der Waals surface area contributed by atoms with Gasteiger partial charge >= 0.3 is 0 Å². The molecule has 0 unspecified atom stereocenters. The molecule has 0 bridgehead atoms. The first kappa shape index (κ1) is 17.5. The maximum Gasteiger partial charge on any atom is 0.243 e. The largest absolute Gasteiger partial charge is 0.385 e. The van der Waals surface area contributed by atoms with E-state index < -0.39 is 15.8 Å². The Labute approximate surface area is 135 Å². The number of hydrogen-bond donors (Lipinski definition) is 0. The summed E-state index contributed by atoms with van der Waals surface area (Å²) in [5, 5.41) is 0. The number of rotatable bonds is 8. The molecule has 0 atom stereocenters. The maximum absolute atomic E-state index is 13.0. The minimum absolute atomic E-state index is 0.0744. The van der Waals surface area contributed by atoms with Crippen LogP contribution in [0.4, 0.5) is 4.39 Å². The highest BCUT2D eigenvalue weighted by Crippen LogP contribution is 2.19. The fraction of sp³-hybridized carbons (Fsp3) is 0.312. The topological polar surface area (TPSA) is 59.5 Å². The van der Waals surface area contributed by atoms with Crippen molar-refractivity contribution in [2.75, 3.05) is 20.3 Å². The van der Waals surface area contributed by atoms with Crippen LogP contribution in [0, 0.1) is 5.82 Å². The first-order valence-electron chi connectivity index (χ1n) is 7.17. The van der Waals surface area contributed by atoms with Gasteiger partial charge < -0.3 is 4.74 Å². The third-order valence-corrected chi connectivity index (χ3v) is 5.18. The van der Waals surface area contributed by atoms with Crippen molar-refractivity contribution in [1.82, 2.24) is 9.29 Å². The van der Waals surface area contributed by atoms with Crippen LogP contribution in [0.5, 0.6) is 0 Å². The fourth-order valence-electron chi connectivity index (χ4n) is 2.12. The predicted octanol–water partition coefficient (Wildman–Crippen LogP) is 2.45. The van der Waals surface area contributed by atoms with Crippen molar-refractivity contribution in [3.8, 4) is 0 Å². The van der Waals surface area contributed by atoms with E-state index in [1.165, 1.54) is 16.4 Å². The quantitative estimate of drug-likeness (QED) is 0.694. The van der Waals surface area contributed by atoms with Crippen molar-refractivity contribution < 1.29 is 17.5 Å². The molecule has 0 aliphatic rings. The second-order valence-electron chi connectivity index (χ2n) is 4.99. The smallest absolute Gasteiger partial charge is 0.243 e. The van der Waals surface area contributed by atoms with E-state index in [-0.39, 0.29) is 11.4 Å². The molecule has 0 N–H and O–H groups in total. The number of ether oxygens (including phenoxy) is 1. The van der Waals surface area contributed by atoms with Crippen LogP contribution in [-0.4, -0.2) is 38.0 Å². The molecule has 5 nitrogen and oxygen atoms in total. The molecule has 0 spiro atoms. The Bertz CT molecular complexity index is 706. The summed E-state index contributed by atoms with van der Waals surface area (Å²) in [6.45, 7) is 1.01. The van der Waals surface area contributed by atoms with Gasteiger partial charge in [-0.1, -0.05) is 0 Å². The summed E-state index contributed by atoms with van der Waals surface area (Å²) < 4.78 is 45.0. The first-order chi connectivity index (χ1) is 11.0. The van der Waals surface area contributed by atoms with Crippen molar-refractivity contribution in [2.24, 2.45) is 0 Å². The third kappa shape index (κ3) is 4.82. The number of hydrogen-bond acceptors (Lipinski definition) is 4. The van der Waals surface area contributed by atoms with Crippen LogP contribution >= 0.6 is 0 Å². The van der Waals surface area contributed by atoms with Crippen molar-refractivity contribution >= 4 is 10.0 Å². The number of aromatic nitrogens is 1. The molecule has 7 heteroatoms. The highest BCUT2D eigenvalue weighted by molar-refractivity contribution is 7.89. The summed E-state index contributed by atoms with van der Waals surface area (Å²) >= 11 is 0. The van der Waals surface area contributed by atoms with Gasteiger partial charge in [-0.05, 0) is 48.4 Å². The van der Waals surface area contributed by atoms with Gasteiger partial charge in [-0.25, -0.2) is 12.8 Å². The molecule has 2 aromatic rings. The van der Waals surface area contributed by atoms with Gasteiger partial charge in [0.1, 0.15) is 5.82 Å². The number of sulfonamides is 1. The molecule has 0 saturated carbocycles.